The van der Waals surface area contributed by atoms with E-state index in [9.17, 15) is 9.18 Å². The molecule has 1 aromatic heterocycles. The summed E-state index contributed by atoms with van der Waals surface area (Å²) < 4.78 is 13.6. The van der Waals surface area contributed by atoms with E-state index in [4.69, 9.17) is 0 Å². The number of anilines is 1. The molecule has 0 fully saturated rings. The first-order valence-electron chi connectivity index (χ1n) is 5.74. The van der Waals surface area contributed by atoms with E-state index in [0.29, 0.717) is 16.6 Å². The van der Waals surface area contributed by atoms with Crippen LogP contribution in [0.1, 0.15) is 20.8 Å². The van der Waals surface area contributed by atoms with Gasteiger partial charge >= 0.3 is 0 Å². The molecule has 0 bridgehead atoms. The summed E-state index contributed by atoms with van der Waals surface area (Å²) in [5.41, 5.74) is 0.497. The minimum atomic E-state index is -0.504. The number of fused-ring (bicyclic) bond motifs is 1. The van der Waals surface area contributed by atoms with Gasteiger partial charge in [-0.15, -0.1) is 0 Å². The molecule has 94 valence electrons. The van der Waals surface area contributed by atoms with Gasteiger partial charge in [0.25, 0.3) is 0 Å². The van der Waals surface area contributed by atoms with Crippen molar-refractivity contribution in [2.45, 2.75) is 20.8 Å². The molecule has 18 heavy (non-hydrogen) atoms. The Kier molecular flexibility index (Phi) is 3.03. The van der Waals surface area contributed by atoms with Crippen molar-refractivity contribution in [3.05, 3.63) is 36.3 Å². The Morgan fingerprint density at radius 3 is 2.67 bits per heavy atom. The average molecular weight is 246 g/mol. The van der Waals surface area contributed by atoms with Crippen LogP contribution in [0.15, 0.2) is 30.5 Å². The molecule has 0 spiro atoms. The van der Waals surface area contributed by atoms with E-state index < -0.39 is 5.41 Å². The fourth-order valence-corrected chi connectivity index (χ4v) is 1.55. The Morgan fingerprint density at radius 1 is 1.28 bits per heavy atom. The lowest BCUT2D eigenvalue weighted by Gasteiger charge is -2.18. The number of hydrogen-bond acceptors (Lipinski definition) is 2. The first-order valence-corrected chi connectivity index (χ1v) is 5.74. The van der Waals surface area contributed by atoms with Gasteiger partial charge in [-0.2, -0.15) is 0 Å². The minimum Gasteiger partial charge on any atom is -0.324 e. The Hall–Kier alpha value is -1.97. The third-order valence-electron chi connectivity index (χ3n) is 2.65. The molecular weight excluding hydrogens is 231 g/mol. The van der Waals surface area contributed by atoms with E-state index >= 15 is 0 Å². The van der Waals surface area contributed by atoms with Crippen LogP contribution in [0.2, 0.25) is 0 Å². The molecule has 0 aliphatic rings. The fourth-order valence-electron chi connectivity index (χ4n) is 1.55. The SMILES string of the molecule is CC(C)(C)C(=O)Nc1ccc(F)c2cccnc12. The zero-order valence-corrected chi connectivity index (χ0v) is 10.6. The summed E-state index contributed by atoms with van der Waals surface area (Å²) in [4.78, 5) is 16.1. The zero-order valence-electron chi connectivity index (χ0n) is 10.6. The molecule has 2 aromatic rings. The number of carbonyl (C=O) groups is 1. The molecule has 1 N–H and O–H groups in total. The van der Waals surface area contributed by atoms with Gasteiger partial charge in [-0.25, -0.2) is 4.39 Å². The normalized spacial score (nSPS) is 11.6. The summed E-state index contributed by atoms with van der Waals surface area (Å²) in [7, 11) is 0. The van der Waals surface area contributed by atoms with Gasteiger partial charge in [0.05, 0.1) is 11.2 Å². The second-order valence-corrected chi connectivity index (χ2v) is 5.20. The first-order chi connectivity index (χ1) is 8.39. The smallest absolute Gasteiger partial charge is 0.229 e. The van der Waals surface area contributed by atoms with Gasteiger partial charge in [0.2, 0.25) is 5.91 Å². The molecule has 0 atom stereocenters. The van der Waals surface area contributed by atoms with Crippen LogP contribution in [0.4, 0.5) is 10.1 Å². The van der Waals surface area contributed by atoms with Crippen LogP contribution in [-0.4, -0.2) is 10.9 Å². The van der Waals surface area contributed by atoms with Gasteiger partial charge in [-0.05, 0) is 24.3 Å². The summed E-state index contributed by atoms with van der Waals surface area (Å²) in [6.45, 7) is 5.46. The second kappa shape index (κ2) is 4.37. The average Bonchev–Trinajstić information content (AvgIpc) is 2.32. The van der Waals surface area contributed by atoms with Crippen molar-refractivity contribution in [1.82, 2.24) is 4.98 Å². The number of nitrogens with zero attached hydrogens (tertiary/aromatic N) is 1. The molecule has 0 saturated carbocycles. The molecule has 1 amide bonds. The molecular formula is C14H15FN2O. The van der Waals surface area contributed by atoms with Crippen LogP contribution in [0.3, 0.4) is 0 Å². The monoisotopic (exact) mass is 246 g/mol. The summed E-state index contributed by atoms with van der Waals surface area (Å²) in [6.07, 6.45) is 1.58. The molecule has 1 heterocycles. The quantitative estimate of drug-likeness (QED) is 0.838. The second-order valence-electron chi connectivity index (χ2n) is 5.20. The van der Waals surface area contributed by atoms with E-state index in [-0.39, 0.29) is 11.7 Å². The molecule has 0 radical (unpaired) electrons. The summed E-state index contributed by atoms with van der Waals surface area (Å²) in [6, 6.07) is 6.18. The van der Waals surface area contributed by atoms with Crippen molar-refractivity contribution < 1.29 is 9.18 Å². The summed E-state index contributed by atoms with van der Waals surface area (Å²) in [5.74, 6) is -0.465. The lowest BCUT2D eigenvalue weighted by Crippen LogP contribution is -2.27. The largest absolute Gasteiger partial charge is 0.324 e. The Bertz CT molecular complexity index is 602. The van der Waals surface area contributed by atoms with Crippen LogP contribution in [0.25, 0.3) is 10.9 Å². The zero-order chi connectivity index (χ0) is 13.3. The standard InChI is InChI=1S/C14H15FN2O/c1-14(2,3)13(18)17-11-7-6-10(15)9-5-4-8-16-12(9)11/h4-8H,1-3H3,(H,17,18). The molecule has 0 aliphatic heterocycles. The number of amides is 1. The summed E-state index contributed by atoms with van der Waals surface area (Å²) >= 11 is 0. The highest BCUT2D eigenvalue weighted by molar-refractivity contribution is 6.02. The third kappa shape index (κ3) is 2.32. The number of pyridine rings is 1. The first kappa shape index (κ1) is 12.5. The van der Waals surface area contributed by atoms with Gasteiger partial charge in [0.15, 0.2) is 0 Å². The van der Waals surface area contributed by atoms with Crippen molar-refractivity contribution >= 4 is 22.5 Å². The van der Waals surface area contributed by atoms with Crippen LogP contribution in [0.5, 0.6) is 0 Å². The van der Waals surface area contributed by atoms with Gasteiger partial charge in [0, 0.05) is 17.0 Å². The molecule has 0 aliphatic carbocycles. The van der Waals surface area contributed by atoms with Gasteiger partial charge in [-0.3, -0.25) is 9.78 Å². The van der Waals surface area contributed by atoms with Crippen molar-refractivity contribution in [3.8, 4) is 0 Å². The van der Waals surface area contributed by atoms with Crippen LogP contribution in [-0.2, 0) is 4.79 Å². The highest BCUT2D eigenvalue weighted by Gasteiger charge is 2.22. The van der Waals surface area contributed by atoms with Crippen molar-refractivity contribution in [3.63, 3.8) is 0 Å². The van der Waals surface area contributed by atoms with E-state index in [2.05, 4.69) is 10.3 Å². The Balaban J connectivity index is 2.47. The number of aromatic nitrogens is 1. The lowest BCUT2D eigenvalue weighted by atomic mass is 9.95. The van der Waals surface area contributed by atoms with E-state index in [1.54, 1.807) is 18.3 Å². The van der Waals surface area contributed by atoms with Gasteiger partial charge in [-0.1, -0.05) is 20.8 Å². The maximum Gasteiger partial charge on any atom is 0.229 e. The highest BCUT2D eigenvalue weighted by Crippen LogP contribution is 2.25. The molecule has 0 unspecified atom stereocenters. The number of nitrogens with one attached hydrogen (secondary N) is 1. The molecule has 3 nitrogen and oxygen atoms in total. The van der Waals surface area contributed by atoms with Crippen LogP contribution < -0.4 is 5.32 Å². The van der Waals surface area contributed by atoms with Crippen molar-refractivity contribution in [2.24, 2.45) is 5.41 Å². The summed E-state index contributed by atoms with van der Waals surface area (Å²) in [5, 5.41) is 3.19. The van der Waals surface area contributed by atoms with Gasteiger partial charge in [0.1, 0.15) is 5.82 Å². The number of benzene rings is 1. The Labute approximate surface area is 105 Å². The van der Waals surface area contributed by atoms with Gasteiger partial charge < -0.3 is 5.32 Å². The third-order valence-corrected chi connectivity index (χ3v) is 2.65. The van der Waals surface area contributed by atoms with Crippen LogP contribution >= 0.6 is 0 Å². The molecule has 4 heteroatoms. The minimum absolute atomic E-state index is 0.124. The topological polar surface area (TPSA) is 42.0 Å². The lowest BCUT2D eigenvalue weighted by molar-refractivity contribution is -0.123. The predicted molar refractivity (Wildman–Crippen MR) is 69.8 cm³/mol. The highest BCUT2D eigenvalue weighted by atomic mass is 19.1. The maximum atomic E-state index is 13.6. The van der Waals surface area contributed by atoms with Crippen molar-refractivity contribution in [1.29, 1.82) is 0 Å². The van der Waals surface area contributed by atoms with E-state index in [1.165, 1.54) is 12.1 Å². The fraction of sp³-hybridized carbons (Fsp3) is 0.286. The van der Waals surface area contributed by atoms with Crippen molar-refractivity contribution in [2.75, 3.05) is 5.32 Å². The Morgan fingerprint density at radius 2 is 2.00 bits per heavy atom. The number of halogens is 1. The number of hydrogen-bond donors (Lipinski definition) is 1. The molecule has 2 rings (SSSR count). The number of carbonyl (C=O) groups excluding carboxylic acids is 1. The maximum absolute atomic E-state index is 13.6. The van der Waals surface area contributed by atoms with Crippen LogP contribution in [0, 0.1) is 11.2 Å². The van der Waals surface area contributed by atoms with E-state index in [1.807, 2.05) is 20.8 Å². The van der Waals surface area contributed by atoms with E-state index in [0.717, 1.165) is 0 Å². The number of rotatable bonds is 1. The molecule has 1 aromatic carbocycles. The predicted octanol–water partition coefficient (Wildman–Crippen LogP) is 3.36. The molecule has 0 saturated heterocycles.